The number of carbonyl (C=O) groups excluding carboxylic acids is 2. The van der Waals surface area contributed by atoms with Crippen LogP contribution >= 0.6 is 22.6 Å². The van der Waals surface area contributed by atoms with Crippen molar-refractivity contribution in [2.75, 3.05) is 11.9 Å². The predicted octanol–water partition coefficient (Wildman–Crippen LogP) is 4.57. The molecule has 0 atom stereocenters. The largest absolute Gasteiger partial charge is 0.490 e. The molecule has 0 aliphatic carbocycles. The standard InChI is InChI=1S/C23H28IN3O4/c1-6-30-20-11-17(10-18(24)23(20)31-14(2)3)13-25-27-22(29)12-21(28)26-19-8-7-15(4)9-16(19)5/h7-11,13-14H,6,12H2,1-5H3,(H,26,28)(H,27,29). The molecule has 0 fully saturated rings. The molecule has 0 heterocycles. The summed E-state index contributed by atoms with van der Waals surface area (Å²) in [4.78, 5) is 24.2. The summed E-state index contributed by atoms with van der Waals surface area (Å²) in [6.07, 6.45) is 1.19. The Bertz CT molecular complexity index is 974. The van der Waals surface area contributed by atoms with E-state index in [1.807, 2.05) is 58.9 Å². The van der Waals surface area contributed by atoms with Crippen molar-refractivity contribution in [3.8, 4) is 11.5 Å². The average Bonchev–Trinajstić information content (AvgIpc) is 2.66. The molecular formula is C23H28IN3O4. The van der Waals surface area contributed by atoms with Crippen LogP contribution in [-0.4, -0.2) is 30.7 Å². The minimum absolute atomic E-state index is 0.0152. The Morgan fingerprint density at radius 1 is 1.16 bits per heavy atom. The van der Waals surface area contributed by atoms with E-state index in [0.717, 1.165) is 20.3 Å². The van der Waals surface area contributed by atoms with E-state index in [2.05, 4.69) is 38.4 Å². The number of carbonyl (C=O) groups is 2. The van der Waals surface area contributed by atoms with Gasteiger partial charge in [0.15, 0.2) is 11.5 Å². The molecule has 0 bridgehead atoms. The molecule has 8 heteroatoms. The SMILES string of the molecule is CCOc1cc(C=NNC(=O)CC(=O)Nc2ccc(C)cc2C)cc(I)c1OC(C)C. The first kappa shape index (κ1) is 24.6. The monoisotopic (exact) mass is 537 g/mol. The molecule has 2 aromatic rings. The van der Waals surface area contributed by atoms with Crippen LogP contribution in [0.4, 0.5) is 5.69 Å². The van der Waals surface area contributed by atoms with E-state index in [1.54, 1.807) is 6.07 Å². The highest BCUT2D eigenvalue weighted by Crippen LogP contribution is 2.34. The summed E-state index contributed by atoms with van der Waals surface area (Å²) in [5.74, 6) is 0.395. The summed E-state index contributed by atoms with van der Waals surface area (Å²) in [5, 5.41) is 6.70. The van der Waals surface area contributed by atoms with Gasteiger partial charge in [-0.25, -0.2) is 5.43 Å². The number of aryl methyl sites for hydroxylation is 2. The first-order chi connectivity index (χ1) is 14.7. The minimum Gasteiger partial charge on any atom is -0.490 e. The number of halogens is 1. The second-order valence-corrected chi connectivity index (χ2v) is 8.43. The van der Waals surface area contributed by atoms with Crippen LogP contribution in [0.3, 0.4) is 0 Å². The Morgan fingerprint density at radius 3 is 2.55 bits per heavy atom. The fourth-order valence-corrected chi connectivity index (χ4v) is 3.54. The smallest absolute Gasteiger partial charge is 0.249 e. The molecule has 0 unspecified atom stereocenters. The summed E-state index contributed by atoms with van der Waals surface area (Å²) in [7, 11) is 0. The summed E-state index contributed by atoms with van der Waals surface area (Å²) < 4.78 is 12.4. The molecule has 0 aliphatic heterocycles. The molecule has 166 valence electrons. The number of benzene rings is 2. The van der Waals surface area contributed by atoms with Crippen LogP contribution in [0.25, 0.3) is 0 Å². The van der Waals surface area contributed by atoms with Crippen molar-refractivity contribution in [1.29, 1.82) is 0 Å². The van der Waals surface area contributed by atoms with E-state index in [1.165, 1.54) is 6.21 Å². The quantitative estimate of drug-likeness (QED) is 0.212. The zero-order valence-corrected chi connectivity index (χ0v) is 20.6. The van der Waals surface area contributed by atoms with Crippen LogP contribution in [0.15, 0.2) is 35.4 Å². The van der Waals surface area contributed by atoms with Crippen molar-refractivity contribution in [3.05, 3.63) is 50.6 Å². The molecule has 31 heavy (non-hydrogen) atoms. The van der Waals surface area contributed by atoms with E-state index in [4.69, 9.17) is 9.47 Å². The fourth-order valence-electron chi connectivity index (χ4n) is 2.79. The maximum absolute atomic E-state index is 12.1. The Balaban J connectivity index is 1.97. The van der Waals surface area contributed by atoms with Gasteiger partial charge >= 0.3 is 0 Å². The Morgan fingerprint density at radius 2 is 1.90 bits per heavy atom. The first-order valence-corrected chi connectivity index (χ1v) is 11.1. The lowest BCUT2D eigenvalue weighted by Crippen LogP contribution is -2.24. The van der Waals surface area contributed by atoms with Gasteiger partial charge in [0.05, 0.1) is 22.5 Å². The highest BCUT2D eigenvalue weighted by Gasteiger charge is 2.14. The number of ether oxygens (including phenoxy) is 2. The molecule has 7 nitrogen and oxygen atoms in total. The third kappa shape index (κ3) is 7.86. The number of nitrogens with one attached hydrogen (secondary N) is 2. The summed E-state index contributed by atoms with van der Waals surface area (Å²) in [5.41, 5.74) is 5.86. The van der Waals surface area contributed by atoms with Crippen LogP contribution < -0.4 is 20.2 Å². The summed E-state index contributed by atoms with van der Waals surface area (Å²) >= 11 is 2.17. The lowest BCUT2D eigenvalue weighted by Gasteiger charge is -2.16. The van der Waals surface area contributed by atoms with Gasteiger partial charge in [0.2, 0.25) is 11.8 Å². The molecular weight excluding hydrogens is 509 g/mol. The highest BCUT2D eigenvalue weighted by atomic mass is 127. The van der Waals surface area contributed by atoms with Crippen LogP contribution in [-0.2, 0) is 9.59 Å². The van der Waals surface area contributed by atoms with Crippen LogP contribution in [0, 0.1) is 17.4 Å². The Kier molecular flexibility index (Phi) is 9.29. The average molecular weight is 537 g/mol. The molecule has 0 saturated carbocycles. The number of rotatable bonds is 9. The van der Waals surface area contributed by atoms with Crippen molar-refractivity contribution >= 4 is 46.3 Å². The first-order valence-electron chi connectivity index (χ1n) is 10.0. The third-order valence-corrected chi connectivity index (χ3v) is 4.87. The highest BCUT2D eigenvalue weighted by molar-refractivity contribution is 14.1. The molecule has 0 saturated heterocycles. The van der Waals surface area contributed by atoms with Gasteiger partial charge < -0.3 is 14.8 Å². The van der Waals surface area contributed by atoms with Crippen molar-refractivity contribution in [2.45, 2.75) is 47.1 Å². The van der Waals surface area contributed by atoms with E-state index in [-0.39, 0.29) is 12.5 Å². The molecule has 2 aromatic carbocycles. The van der Waals surface area contributed by atoms with Gasteiger partial charge in [0.25, 0.3) is 0 Å². The van der Waals surface area contributed by atoms with Crippen molar-refractivity contribution < 1.29 is 19.1 Å². The Hall–Kier alpha value is -2.62. The second-order valence-electron chi connectivity index (χ2n) is 7.27. The minimum atomic E-state index is -0.502. The molecule has 0 spiro atoms. The van der Waals surface area contributed by atoms with Gasteiger partial charge in [0, 0.05) is 5.69 Å². The van der Waals surface area contributed by atoms with E-state index >= 15 is 0 Å². The summed E-state index contributed by atoms with van der Waals surface area (Å²) in [6.45, 7) is 10.2. The molecule has 2 amide bonds. The number of hydrazone groups is 1. The zero-order valence-electron chi connectivity index (χ0n) is 18.4. The van der Waals surface area contributed by atoms with E-state index < -0.39 is 11.8 Å². The maximum Gasteiger partial charge on any atom is 0.249 e. The molecule has 0 aliphatic rings. The van der Waals surface area contributed by atoms with Gasteiger partial charge in [-0.05, 0) is 86.5 Å². The third-order valence-electron chi connectivity index (χ3n) is 4.07. The number of nitrogens with zero attached hydrogens (tertiary/aromatic N) is 1. The van der Waals surface area contributed by atoms with Crippen molar-refractivity contribution in [2.24, 2.45) is 5.10 Å². The number of amides is 2. The fraction of sp³-hybridized carbons (Fsp3) is 0.348. The van der Waals surface area contributed by atoms with Crippen LogP contribution in [0.1, 0.15) is 43.9 Å². The van der Waals surface area contributed by atoms with Crippen molar-refractivity contribution in [1.82, 2.24) is 5.43 Å². The van der Waals surface area contributed by atoms with Gasteiger partial charge in [-0.1, -0.05) is 17.7 Å². The van der Waals surface area contributed by atoms with E-state index in [9.17, 15) is 9.59 Å². The second kappa shape index (κ2) is 11.7. The number of hydrogen-bond donors (Lipinski definition) is 2. The topological polar surface area (TPSA) is 89.0 Å². The van der Waals surface area contributed by atoms with Crippen LogP contribution in [0.5, 0.6) is 11.5 Å². The number of anilines is 1. The molecule has 0 aromatic heterocycles. The van der Waals surface area contributed by atoms with Crippen LogP contribution in [0.2, 0.25) is 0 Å². The molecule has 2 N–H and O–H groups in total. The van der Waals surface area contributed by atoms with Gasteiger partial charge in [-0.3, -0.25) is 9.59 Å². The maximum atomic E-state index is 12.1. The number of hydrogen-bond acceptors (Lipinski definition) is 5. The predicted molar refractivity (Wildman–Crippen MR) is 131 cm³/mol. The molecule has 0 radical (unpaired) electrons. The zero-order chi connectivity index (χ0) is 23.0. The van der Waals surface area contributed by atoms with Crippen molar-refractivity contribution in [3.63, 3.8) is 0 Å². The normalized spacial score (nSPS) is 10.9. The summed E-state index contributed by atoms with van der Waals surface area (Å²) in [6, 6.07) is 9.37. The lowest BCUT2D eigenvalue weighted by molar-refractivity contribution is -0.126. The van der Waals surface area contributed by atoms with Gasteiger partial charge in [-0.2, -0.15) is 5.10 Å². The van der Waals surface area contributed by atoms with Gasteiger partial charge in [0.1, 0.15) is 6.42 Å². The van der Waals surface area contributed by atoms with E-state index in [0.29, 0.717) is 23.8 Å². The van der Waals surface area contributed by atoms with Gasteiger partial charge in [-0.15, -0.1) is 0 Å². The molecule has 2 rings (SSSR count). The lowest BCUT2D eigenvalue weighted by atomic mass is 10.1. The Labute approximate surface area is 196 Å².